The van der Waals surface area contributed by atoms with Crippen LogP contribution in [0.1, 0.15) is 37.7 Å². The zero-order valence-corrected chi connectivity index (χ0v) is 19.9. The first kappa shape index (κ1) is 24.2. The number of nitrogens with zero attached hydrogens (tertiary/aromatic N) is 4. The van der Waals surface area contributed by atoms with Crippen molar-refractivity contribution < 1.29 is 18.0 Å². The van der Waals surface area contributed by atoms with Crippen molar-refractivity contribution in [1.82, 2.24) is 20.3 Å². The maximum absolute atomic E-state index is 13.4. The first-order chi connectivity index (χ1) is 17.4. The second kappa shape index (κ2) is 10.2. The molecule has 3 N–H and O–H groups in total. The Hall–Kier alpha value is -3.50. The second-order valence-corrected chi connectivity index (χ2v) is 9.42. The number of hydrogen-bond acceptors (Lipinski definition) is 6. The molecule has 2 saturated heterocycles. The molecule has 0 unspecified atom stereocenters. The van der Waals surface area contributed by atoms with Gasteiger partial charge in [-0.05, 0) is 56.4 Å². The Balaban J connectivity index is 1.24. The van der Waals surface area contributed by atoms with Gasteiger partial charge in [0.15, 0.2) is 0 Å². The van der Waals surface area contributed by atoms with Gasteiger partial charge in [-0.3, -0.25) is 4.79 Å². The highest BCUT2D eigenvalue weighted by Crippen LogP contribution is 2.36. The van der Waals surface area contributed by atoms with E-state index in [9.17, 15) is 18.0 Å². The van der Waals surface area contributed by atoms with Crippen LogP contribution in [0.3, 0.4) is 0 Å². The van der Waals surface area contributed by atoms with Crippen molar-refractivity contribution in [3.8, 4) is 0 Å². The summed E-state index contributed by atoms with van der Waals surface area (Å²) in [6.45, 7) is 2.91. The van der Waals surface area contributed by atoms with Gasteiger partial charge >= 0.3 is 6.18 Å². The molecule has 3 aromatic rings. The van der Waals surface area contributed by atoms with E-state index in [1.807, 2.05) is 12.3 Å². The molecule has 2 aromatic heterocycles. The number of piperidine rings is 2. The Morgan fingerprint density at radius 3 is 2.67 bits per heavy atom. The van der Waals surface area contributed by atoms with E-state index in [0.717, 1.165) is 80.7 Å². The number of aromatic nitrogens is 3. The van der Waals surface area contributed by atoms with Gasteiger partial charge in [0.2, 0.25) is 5.91 Å². The number of carbonyl (C=O) groups excluding carboxylic acids is 1. The molecular formula is C25H30F3N7O. The standard InChI is InChI=1S/C25H30F3N7O/c26-25(27,28)17-6-7-21(34-10-2-1-3-11-34)20(13-17)30-14-22(36)33-18-5-4-12-35(15-18)24-19-8-9-29-23(19)31-16-32-24/h6-9,13,16,18,30H,1-5,10-12,14-15H2,(H,33,36)(H,29,31,32)/t18-/m1/s1. The lowest BCUT2D eigenvalue weighted by Crippen LogP contribution is -2.49. The van der Waals surface area contributed by atoms with Gasteiger partial charge in [0, 0.05) is 38.4 Å². The Bertz CT molecular complexity index is 1210. The van der Waals surface area contributed by atoms with Crippen LogP contribution in [0.2, 0.25) is 0 Å². The minimum atomic E-state index is -4.45. The van der Waals surface area contributed by atoms with Gasteiger partial charge in [0.1, 0.15) is 17.8 Å². The molecule has 0 saturated carbocycles. The van der Waals surface area contributed by atoms with Gasteiger partial charge in [-0.1, -0.05) is 0 Å². The Labute approximate surface area is 207 Å². The number of amides is 1. The topological polar surface area (TPSA) is 89.2 Å². The molecule has 8 nitrogen and oxygen atoms in total. The number of benzene rings is 1. The fourth-order valence-electron chi connectivity index (χ4n) is 5.12. The summed E-state index contributed by atoms with van der Waals surface area (Å²) in [5.41, 5.74) is 1.08. The van der Waals surface area contributed by atoms with Gasteiger partial charge in [0.05, 0.1) is 28.9 Å². The third-order valence-corrected chi connectivity index (χ3v) is 6.88. The van der Waals surface area contributed by atoms with Crippen molar-refractivity contribution in [2.45, 2.75) is 44.3 Å². The fourth-order valence-corrected chi connectivity index (χ4v) is 5.12. The molecule has 0 aliphatic carbocycles. The molecule has 1 aromatic carbocycles. The molecule has 2 aliphatic heterocycles. The quantitative estimate of drug-likeness (QED) is 0.470. The van der Waals surface area contributed by atoms with Crippen LogP contribution in [-0.4, -0.2) is 59.6 Å². The minimum absolute atomic E-state index is 0.0833. The molecule has 4 heterocycles. The largest absolute Gasteiger partial charge is 0.416 e. The van der Waals surface area contributed by atoms with Crippen molar-refractivity contribution in [1.29, 1.82) is 0 Å². The summed E-state index contributed by atoms with van der Waals surface area (Å²) in [5.74, 6) is 0.576. The van der Waals surface area contributed by atoms with Crippen LogP contribution < -0.4 is 20.4 Å². The molecule has 1 amide bonds. The van der Waals surface area contributed by atoms with Crippen LogP contribution in [0.25, 0.3) is 11.0 Å². The Kier molecular flexibility index (Phi) is 6.88. The van der Waals surface area contributed by atoms with E-state index in [2.05, 4.69) is 35.4 Å². The highest BCUT2D eigenvalue weighted by Gasteiger charge is 2.32. The van der Waals surface area contributed by atoms with Crippen LogP contribution >= 0.6 is 0 Å². The summed E-state index contributed by atoms with van der Waals surface area (Å²) in [6.07, 6.45) is 3.73. The number of H-pyrrole nitrogens is 1. The Morgan fingerprint density at radius 1 is 1.06 bits per heavy atom. The van der Waals surface area contributed by atoms with E-state index in [0.29, 0.717) is 17.9 Å². The van der Waals surface area contributed by atoms with Crippen molar-refractivity contribution in [2.75, 3.05) is 47.8 Å². The van der Waals surface area contributed by atoms with Gasteiger partial charge in [0.25, 0.3) is 0 Å². The van der Waals surface area contributed by atoms with Crippen LogP contribution in [0.15, 0.2) is 36.8 Å². The number of rotatable bonds is 6. The first-order valence-electron chi connectivity index (χ1n) is 12.4. The summed E-state index contributed by atoms with van der Waals surface area (Å²) in [5, 5.41) is 6.96. The molecule has 0 bridgehead atoms. The molecule has 0 spiro atoms. The fraction of sp³-hybridized carbons (Fsp3) is 0.480. The number of fused-ring (bicyclic) bond motifs is 1. The lowest BCUT2D eigenvalue weighted by molar-refractivity contribution is -0.137. The lowest BCUT2D eigenvalue weighted by Gasteiger charge is -2.34. The van der Waals surface area contributed by atoms with E-state index in [-0.39, 0.29) is 18.5 Å². The molecule has 0 radical (unpaired) electrons. The zero-order valence-electron chi connectivity index (χ0n) is 19.9. The third kappa shape index (κ3) is 5.34. The molecule has 2 fully saturated rings. The van der Waals surface area contributed by atoms with Crippen molar-refractivity contribution >= 4 is 34.1 Å². The average Bonchev–Trinajstić information content (AvgIpc) is 3.37. The third-order valence-electron chi connectivity index (χ3n) is 6.88. The highest BCUT2D eigenvalue weighted by molar-refractivity contribution is 5.87. The minimum Gasteiger partial charge on any atom is -0.374 e. The van der Waals surface area contributed by atoms with Crippen LogP contribution in [0.5, 0.6) is 0 Å². The van der Waals surface area contributed by atoms with Crippen LogP contribution in [0.4, 0.5) is 30.4 Å². The number of hydrogen-bond donors (Lipinski definition) is 3. The summed E-state index contributed by atoms with van der Waals surface area (Å²) >= 11 is 0. The van der Waals surface area contributed by atoms with Crippen LogP contribution in [0, 0.1) is 0 Å². The summed E-state index contributed by atoms with van der Waals surface area (Å²) in [4.78, 5) is 28.8. The number of aromatic amines is 1. The van der Waals surface area contributed by atoms with E-state index >= 15 is 0 Å². The smallest absolute Gasteiger partial charge is 0.374 e. The maximum atomic E-state index is 13.4. The normalized spacial score (nSPS) is 18.9. The van der Waals surface area contributed by atoms with E-state index < -0.39 is 11.7 Å². The van der Waals surface area contributed by atoms with Crippen molar-refractivity contribution in [3.63, 3.8) is 0 Å². The summed E-state index contributed by atoms with van der Waals surface area (Å²) in [7, 11) is 0. The van der Waals surface area contributed by atoms with Gasteiger partial charge < -0.3 is 25.4 Å². The highest BCUT2D eigenvalue weighted by atomic mass is 19.4. The van der Waals surface area contributed by atoms with Crippen molar-refractivity contribution in [2.24, 2.45) is 0 Å². The number of halogens is 3. The second-order valence-electron chi connectivity index (χ2n) is 9.42. The van der Waals surface area contributed by atoms with Crippen molar-refractivity contribution in [3.05, 3.63) is 42.4 Å². The summed E-state index contributed by atoms with van der Waals surface area (Å²) < 4.78 is 40.1. The molecule has 11 heteroatoms. The van der Waals surface area contributed by atoms with E-state index in [1.54, 1.807) is 0 Å². The van der Waals surface area contributed by atoms with E-state index in [1.165, 1.54) is 12.4 Å². The first-order valence-corrected chi connectivity index (χ1v) is 12.4. The lowest BCUT2D eigenvalue weighted by atomic mass is 10.1. The SMILES string of the molecule is O=C(CNc1cc(C(F)(F)F)ccc1N1CCCCC1)N[C@@H]1CCCN(c2ncnc3[nH]ccc23)C1. The average molecular weight is 502 g/mol. The zero-order chi connectivity index (χ0) is 25.1. The van der Waals surface area contributed by atoms with Gasteiger partial charge in [-0.15, -0.1) is 0 Å². The predicted molar refractivity (Wildman–Crippen MR) is 133 cm³/mol. The number of anilines is 3. The summed E-state index contributed by atoms with van der Waals surface area (Å²) in [6, 6.07) is 5.58. The van der Waals surface area contributed by atoms with E-state index in [4.69, 9.17) is 0 Å². The molecule has 192 valence electrons. The Morgan fingerprint density at radius 2 is 1.86 bits per heavy atom. The number of alkyl halides is 3. The molecule has 2 aliphatic rings. The molecule has 5 rings (SSSR count). The monoisotopic (exact) mass is 501 g/mol. The predicted octanol–water partition coefficient (Wildman–Crippen LogP) is 4.16. The van der Waals surface area contributed by atoms with Gasteiger partial charge in [-0.2, -0.15) is 13.2 Å². The molecular weight excluding hydrogens is 471 g/mol. The number of nitrogens with one attached hydrogen (secondary N) is 3. The molecule has 1 atom stereocenters. The number of carbonyl (C=O) groups is 1. The van der Waals surface area contributed by atoms with Gasteiger partial charge in [-0.25, -0.2) is 9.97 Å². The molecule has 36 heavy (non-hydrogen) atoms. The van der Waals surface area contributed by atoms with Crippen LogP contribution in [-0.2, 0) is 11.0 Å². The maximum Gasteiger partial charge on any atom is 0.416 e.